The van der Waals surface area contributed by atoms with Gasteiger partial charge in [0.1, 0.15) is 11.9 Å². The van der Waals surface area contributed by atoms with Gasteiger partial charge in [0, 0.05) is 19.1 Å². The van der Waals surface area contributed by atoms with E-state index in [2.05, 4.69) is 10.2 Å². The molecule has 0 aliphatic carbocycles. The largest absolute Gasteiger partial charge is 0.468 e. The second kappa shape index (κ2) is 8.65. The van der Waals surface area contributed by atoms with Crippen LogP contribution in [-0.4, -0.2) is 55.9 Å². The van der Waals surface area contributed by atoms with E-state index in [0.29, 0.717) is 19.8 Å². The molecular formula is C18H28N2O4. The quantitative estimate of drug-likeness (QED) is 0.858. The number of likely N-dealkylation sites (tertiary alicyclic amines) is 1. The number of furan rings is 1. The van der Waals surface area contributed by atoms with Crippen molar-refractivity contribution in [1.82, 2.24) is 10.2 Å². The Labute approximate surface area is 143 Å². The Hall–Kier alpha value is -1.37. The lowest BCUT2D eigenvalue weighted by atomic mass is 9.94. The molecule has 3 heterocycles. The molecule has 2 aliphatic rings. The van der Waals surface area contributed by atoms with Crippen LogP contribution in [0.4, 0.5) is 0 Å². The number of carbonyl (C=O) groups is 1. The van der Waals surface area contributed by atoms with Gasteiger partial charge < -0.3 is 19.2 Å². The number of amides is 1. The van der Waals surface area contributed by atoms with E-state index in [4.69, 9.17) is 13.9 Å². The molecule has 2 aliphatic heterocycles. The monoisotopic (exact) mass is 336 g/mol. The van der Waals surface area contributed by atoms with Crippen molar-refractivity contribution in [3.05, 3.63) is 24.2 Å². The fourth-order valence-corrected chi connectivity index (χ4v) is 3.53. The van der Waals surface area contributed by atoms with Gasteiger partial charge in [0.2, 0.25) is 5.91 Å². The Morgan fingerprint density at radius 1 is 1.38 bits per heavy atom. The number of piperidine rings is 1. The van der Waals surface area contributed by atoms with Crippen LogP contribution in [0.25, 0.3) is 0 Å². The molecular weight excluding hydrogens is 308 g/mol. The summed E-state index contributed by atoms with van der Waals surface area (Å²) in [5, 5.41) is 3.20. The zero-order chi connectivity index (χ0) is 16.8. The number of hydrogen-bond donors (Lipinski definition) is 1. The van der Waals surface area contributed by atoms with Crippen LogP contribution in [0, 0.1) is 5.92 Å². The predicted molar refractivity (Wildman–Crippen MR) is 89.5 cm³/mol. The van der Waals surface area contributed by atoms with Gasteiger partial charge in [-0.3, -0.25) is 9.69 Å². The van der Waals surface area contributed by atoms with Crippen LogP contribution in [-0.2, 0) is 20.8 Å². The molecule has 2 fully saturated rings. The van der Waals surface area contributed by atoms with Crippen molar-refractivity contribution in [2.24, 2.45) is 5.92 Å². The highest BCUT2D eigenvalue weighted by Crippen LogP contribution is 2.21. The summed E-state index contributed by atoms with van der Waals surface area (Å²) >= 11 is 0. The summed E-state index contributed by atoms with van der Waals surface area (Å²) in [5.74, 6) is 1.26. The maximum absolute atomic E-state index is 12.6. The number of nitrogens with one attached hydrogen (secondary N) is 1. The first-order chi connectivity index (χ1) is 11.8. The summed E-state index contributed by atoms with van der Waals surface area (Å²) in [6, 6.07) is 3.99. The van der Waals surface area contributed by atoms with Crippen molar-refractivity contribution < 1.29 is 18.7 Å². The molecule has 0 aromatic carbocycles. The SMILES string of the molecule is CCO[C@@H]1COCC[C@H]1NC(=O)C1CCN(Cc2ccco2)CC1. The first-order valence-electron chi connectivity index (χ1n) is 9.00. The molecule has 1 aromatic rings. The zero-order valence-corrected chi connectivity index (χ0v) is 14.4. The second-order valence-corrected chi connectivity index (χ2v) is 6.60. The standard InChI is InChI=1S/C18H28N2O4/c1-2-23-17-13-22-11-7-16(17)19-18(21)14-5-8-20(9-6-14)12-15-4-3-10-24-15/h3-4,10,14,16-17H,2,5-9,11-13H2,1H3,(H,19,21)/t16-,17-/m1/s1. The molecule has 0 bridgehead atoms. The lowest BCUT2D eigenvalue weighted by Gasteiger charge is -2.35. The van der Waals surface area contributed by atoms with Crippen molar-refractivity contribution in [2.75, 3.05) is 32.9 Å². The minimum absolute atomic E-state index is 0.0215. The van der Waals surface area contributed by atoms with Gasteiger partial charge in [-0.1, -0.05) is 0 Å². The maximum Gasteiger partial charge on any atom is 0.223 e. The van der Waals surface area contributed by atoms with Crippen LogP contribution in [0.3, 0.4) is 0 Å². The van der Waals surface area contributed by atoms with Crippen LogP contribution in [0.2, 0.25) is 0 Å². The minimum atomic E-state index is -0.0215. The van der Waals surface area contributed by atoms with E-state index in [0.717, 1.165) is 44.7 Å². The van der Waals surface area contributed by atoms with Gasteiger partial charge >= 0.3 is 0 Å². The highest BCUT2D eigenvalue weighted by molar-refractivity contribution is 5.79. The van der Waals surface area contributed by atoms with Gasteiger partial charge in [0.05, 0.1) is 25.5 Å². The molecule has 24 heavy (non-hydrogen) atoms. The van der Waals surface area contributed by atoms with Gasteiger partial charge in [-0.05, 0) is 51.4 Å². The Kier molecular flexibility index (Phi) is 6.29. The molecule has 2 saturated heterocycles. The van der Waals surface area contributed by atoms with Crippen LogP contribution in [0.15, 0.2) is 22.8 Å². The second-order valence-electron chi connectivity index (χ2n) is 6.60. The van der Waals surface area contributed by atoms with Crippen molar-refractivity contribution in [3.63, 3.8) is 0 Å². The maximum atomic E-state index is 12.6. The highest BCUT2D eigenvalue weighted by atomic mass is 16.5. The molecule has 0 radical (unpaired) electrons. The van der Waals surface area contributed by atoms with Crippen molar-refractivity contribution in [1.29, 1.82) is 0 Å². The average molecular weight is 336 g/mol. The van der Waals surface area contributed by atoms with Crippen molar-refractivity contribution in [3.8, 4) is 0 Å². The number of nitrogens with zero attached hydrogens (tertiary/aromatic N) is 1. The van der Waals surface area contributed by atoms with E-state index >= 15 is 0 Å². The molecule has 1 aromatic heterocycles. The molecule has 134 valence electrons. The van der Waals surface area contributed by atoms with Gasteiger partial charge in [-0.2, -0.15) is 0 Å². The first-order valence-corrected chi connectivity index (χ1v) is 9.00. The average Bonchev–Trinajstić information content (AvgIpc) is 3.10. The van der Waals surface area contributed by atoms with E-state index in [-0.39, 0.29) is 24.0 Å². The summed E-state index contributed by atoms with van der Waals surface area (Å²) in [6.45, 7) is 6.57. The number of hydrogen-bond acceptors (Lipinski definition) is 5. The summed E-state index contributed by atoms with van der Waals surface area (Å²) in [5.41, 5.74) is 0. The Morgan fingerprint density at radius 2 is 2.21 bits per heavy atom. The Balaban J connectivity index is 1.44. The summed E-state index contributed by atoms with van der Waals surface area (Å²) in [7, 11) is 0. The zero-order valence-electron chi connectivity index (χ0n) is 14.4. The van der Waals surface area contributed by atoms with E-state index < -0.39 is 0 Å². The van der Waals surface area contributed by atoms with Crippen LogP contribution < -0.4 is 5.32 Å². The third-order valence-electron chi connectivity index (χ3n) is 4.93. The number of carbonyl (C=O) groups excluding carboxylic acids is 1. The number of ether oxygens (including phenoxy) is 2. The topological polar surface area (TPSA) is 63.9 Å². The molecule has 1 N–H and O–H groups in total. The molecule has 3 rings (SSSR count). The molecule has 6 heteroatoms. The highest BCUT2D eigenvalue weighted by Gasteiger charge is 2.31. The van der Waals surface area contributed by atoms with E-state index in [1.165, 1.54) is 0 Å². The fourth-order valence-electron chi connectivity index (χ4n) is 3.53. The van der Waals surface area contributed by atoms with Crippen LogP contribution >= 0.6 is 0 Å². The lowest BCUT2D eigenvalue weighted by molar-refractivity contribution is -0.131. The third-order valence-corrected chi connectivity index (χ3v) is 4.93. The lowest BCUT2D eigenvalue weighted by Crippen LogP contribution is -2.52. The molecule has 0 spiro atoms. The fraction of sp³-hybridized carbons (Fsp3) is 0.722. The summed E-state index contributed by atoms with van der Waals surface area (Å²) in [6.07, 6.45) is 4.31. The van der Waals surface area contributed by atoms with E-state index in [1.807, 2.05) is 19.1 Å². The minimum Gasteiger partial charge on any atom is -0.468 e. The molecule has 0 saturated carbocycles. The summed E-state index contributed by atoms with van der Waals surface area (Å²) < 4.78 is 16.6. The van der Waals surface area contributed by atoms with E-state index in [1.54, 1.807) is 6.26 Å². The van der Waals surface area contributed by atoms with Gasteiger partial charge in [-0.25, -0.2) is 0 Å². The van der Waals surface area contributed by atoms with Crippen molar-refractivity contribution in [2.45, 2.75) is 44.9 Å². The molecule has 6 nitrogen and oxygen atoms in total. The Morgan fingerprint density at radius 3 is 2.92 bits per heavy atom. The van der Waals surface area contributed by atoms with Gasteiger partial charge in [0.25, 0.3) is 0 Å². The van der Waals surface area contributed by atoms with Crippen LogP contribution in [0.1, 0.15) is 31.9 Å². The molecule has 1 amide bonds. The van der Waals surface area contributed by atoms with Gasteiger partial charge in [0.15, 0.2) is 0 Å². The van der Waals surface area contributed by atoms with Crippen molar-refractivity contribution >= 4 is 5.91 Å². The van der Waals surface area contributed by atoms with Crippen LogP contribution in [0.5, 0.6) is 0 Å². The first kappa shape index (κ1) is 17.5. The summed E-state index contributed by atoms with van der Waals surface area (Å²) in [4.78, 5) is 14.9. The van der Waals surface area contributed by atoms with E-state index in [9.17, 15) is 4.79 Å². The third kappa shape index (κ3) is 4.59. The number of rotatable bonds is 6. The predicted octanol–water partition coefficient (Wildman–Crippen LogP) is 1.80. The smallest absolute Gasteiger partial charge is 0.223 e. The van der Waals surface area contributed by atoms with Gasteiger partial charge in [-0.15, -0.1) is 0 Å². The molecule has 0 unspecified atom stereocenters. The molecule has 2 atom stereocenters. The normalized spacial score (nSPS) is 26.4. The Bertz CT molecular complexity index is 495.